The maximum absolute atomic E-state index is 12.8. The van der Waals surface area contributed by atoms with E-state index in [4.69, 9.17) is 4.74 Å². The Balaban J connectivity index is 1.55. The molecular weight excluding hydrogens is 400 g/mol. The number of aromatic nitrogens is 1. The number of rotatable bonds is 4. The topological polar surface area (TPSA) is 74.3 Å². The lowest BCUT2D eigenvalue weighted by molar-refractivity contribution is -0.110. The van der Waals surface area contributed by atoms with Crippen molar-refractivity contribution in [2.75, 3.05) is 12.4 Å². The van der Waals surface area contributed by atoms with Gasteiger partial charge in [0.1, 0.15) is 0 Å². The van der Waals surface area contributed by atoms with Crippen LogP contribution in [0.3, 0.4) is 0 Å². The Kier molecular flexibility index (Phi) is 4.79. The summed E-state index contributed by atoms with van der Waals surface area (Å²) in [6, 6.07) is 23.3. The molecule has 3 aromatic carbocycles. The van der Waals surface area contributed by atoms with E-state index in [1.165, 1.54) is 7.11 Å². The largest absolute Gasteiger partial charge is 0.504 e. The third kappa shape index (κ3) is 3.44. The molecule has 0 fully saturated rings. The quantitative estimate of drug-likeness (QED) is 0.360. The number of phenolic OH excluding ortho intramolecular Hbond substituents is 1. The normalized spacial score (nSPS) is 13.8. The average Bonchev–Trinajstić information content (AvgIpc) is 3.33. The molecule has 5 nitrogen and oxygen atoms in total. The summed E-state index contributed by atoms with van der Waals surface area (Å²) in [4.78, 5) is 16.2. The summed E-state index contributed by atoms with van der Waals surface area (Å²) in [6.45, 7) is 2.01. The molecule has 0 spiro atoms. The van der Waals surface area contributed by atoms with E-state index in [2.05, 4.69) is 28.5 Å². The molecule has 0 saturated carbocycles. The Bertz CT molecular complexity index is 1370. The number of methoxy groups -OCH3 is 1. The molecule has 0 unspecified atom stereocenters. The molecule has 1 aromatic heterocycles. The summed E-state index contributed by atoms with van der Waals surface area (Å²) in [5.74, 6) is 0.362. The molecule has 1 aliphatic rings. The Morgan fingerprint density at radius 3 is 2.41 bits per heavy atom. The molecule has 1 amide bonds. The smallest absolute Gasteiger partial charge is 0.256 e. The minimum Gasteiger partial charge on any atom is -0.504 e. The van der Waals surface area contributed by atoms with Crippen LogP contribution in [0.1, 0.15) is 17.0 Å². The number of amides is 1. The third-order valence-corrected chi connectivity index (χ3v) is 5.67. The zero-order valence-corrected chi connectivity index (χ0v) is 17.8. The van der Waals surface area contributed by atoms with Gasteiger partial charge in [0, 0.05) is 28.2 Å². The van der Waals surface area contributed by atoms with Gasteiger partial charge in [-0.25, -0.2) is 0 Å². The van der Waals surface area contributed by atoms with Gasteiger partial charge in [-0.3, -0.25) is 4.79 Å². The number of anilines is 1. The van der Waals surface area contributed by atoms with Crippen molar-refractivity contribution in [3.8, 4) is 33.8 Å². The number of ether oxygens (including phenoxy) is 1. The number of H-pyrrole nitrogens is 1. The van der Waals surface area contributed by atoms with Crippen molar-refractivity contribution in [2.24, 2.45) is 0 Å². The third-order valence-electron chi connectivity index (χ3n) is 5.67. The molecule has 0 bridgehead atoms. The maximum Gasteiger partial charge on any atom is 0.256 e. The van der Waals surface area contributed by atoms with Crippen LogP contribution in [0, 0.1) is 6.92 Å². The zero-order valence-electron chi connectivity index (χ0n) is 17.8. The highest BCUT2D eigenvalue weighted by molar-refractivity contribution is 6.35. The Morgan fingerprint density at radius 1 is 0.875 bits per heavy atom. The number of hydrogen-bond acceptors (Lipinski definition) is 3. The fourth-order valence-electron chi connectivity index (χ4n) is 4.10. The van der Waals surface area contributed by atoms with Gasteiger partial charge >= 0.3 is 0 Å². The minimum absolute atomic E-state index is 0.0893. The highest BCUT2D eigenvalue weighted by Crippen LogP contribution is 2.39. The van der Waals surface area contributed by atoms with Crippen LogP contribution in [0.15, 0.2) is 72.8 Å². The van der Waals surface area contributed by atoms with Gasteiger partial charge in [0.2, 0.25) is 0 Å². The minimum atomic E-state index is -0.133. The van der Waals surface area contributed by atoms with Crippen molar-refractivity contribution in [1.29, 1.82) is 0 Å². The van der Waals surface area contributed by atoms with Crippen molar-refractivity contribution < 1.29 is 14.6 Å². The summed E-state index contributed by atoms with van der Waals surface area (Å²) in [7, 11) is 1.52. The van der Waals surface area contributed by atoms with Crippen LogP contribution in [0.25, 0.3) is 33.9 Å². The van der Waals surface area contributed by atoms with Gasteiger partial charge in [-0.15, -0.1) is 0 Å². The highest BCUT2D eigenvalue weighted by atomic mass is 16.5. The predicted octanol–water partition coefficient (Wildman–Crippen LogP) is 5.86. The van der Waals surface area contributed by atoms with Crippen LogP contribution in [-0.4, -0.2) is 23.1 Å². The fourth-order valence-corrected chi connectivity index (χ4v) is 4.10. The van der Waals surface area contributed by atoms with E-state index in [1.54, 1.807) is 12.1 Å². The first-order chi connectivity index (χ1) is 15.5. The summed E-state index contributed by atoms with van der Waals surface area (Å²) in [6.07, 6.45) is 1.92. The van der Waals surface area contributed by atoms with E-state index in [9.17, 15) is 9.90 Å². The van der Waals surface area contributed by atoms with Gasteiger partial charge in [0.15, 0.2) is 11.5 Å². The van der Waals surface area contributed by atoms with Gasteiger partial charge in [-0.2, -0.15) is 0 Å². The van der Waals surface area contributed by atoms with Crippen molar-refractivity contribution in [3.63, 3.8) is 0 Å². The number of nitrogens with one attached hydrogen (secondary N) is 2. The molecule has 5 rings (SSSR count). The second kappa shape index (κ2) is 7.78. The molecule has 32 heavy (non-hydrogen) atoms. The zero-order chi connectivity index (χ0) is 22.2. The number of benzene rings is 3. The molecule has 5 heteroatoms. The predicted molar refractivity (Wildman–Crippen MR) is 128 cm³/mol. The van der Waals surface area contributed by atoms with Crippen molar-refractivity contribution in [3.05, 3.63) is 89.7 Å². The molecule has 2 heterocycles. The molecule has 0 saturated heterocycles. The van der Waals surface area contributed by atoms with Gasteiger partial charge in [0.05, 0.1) is 12.7 Å². The molecule has 0 radical (unpaired) electrons. The van der Waals surface area contributed by atoms with Crippen molar-refractivity contribution >= 4 is 23.2 Å². The van der Waals surface area contributed by atoms with Crippen LogP contribution >= 0.6 is 0 Å². The second-order valence-electron chi connectivity index (χ2n) is 7.80. The lowest BCUT2D eigenvalue weighted by atomic mass is 9.98. The van der Waals surface area contributed by atoms with E-state index in [0.29, 0.717) is 11.3 Å². The number of phenols is 1. The van der Waals surface area contributed by atoms with Crippen LogP contribution in [0.5, 0.6) is 11.5 Å². The number of aromatic amines is 1. The standard InChI is InChI=1S/C27H22N2O3/c1-16-12-21(17-6-4-3-5-7-17)24(28-16)15-22-20-10-8-18(13-23(20)29-27(22)31)19-9-11-25(30)26(14-19)32-2/h3-15,28,30H,1-2H3,(H,29,31)/b22-15-. The lowest BCUT2D eigenvalue weighted by Gasteiger charge is -2.08. The molecule has 0 aliphatic carbocycles. The van der Waals surface area contributed by atoms with Gasteiger partial charge < -0.3 is 20.1 Å². The number of carbonyl (C=O) groups excluding carboxylic acids is 1. The Morgan fingerprint density at radius 2 is 1.62 bits per heavy atom. The number of aryl methyl sites for hydroxylation is 1. The van der Waals surface area contributed by atoms with E-state index < -0.39 is 0 Å². The van der Waals surface area contributed by atoms with E-state index in [0.717, 1.165) is 44.9 Å². The number of aromatic hydroxyl groups is 1. The van der Waals surface area contributed by atoms with Crippen LogP contribution < -0.4 is 10.1 Å². The molecule has 4 aromatic rings. The molecule has 1 aliphatic heterocycles. The van der Waals surface area contributed by atoms with E-state index >= 15 is 0 Å². The number of fused-ring (bicyclic) bond motifs is 1. The van der Waals surface area contributed by atoms with Crippen LogP contribution in [-0.2, 0) is 4.79 Å². The molecule has 0 atom stereocenters. The Hall–Kier alpha value is -4.25. The summed E-state index contributed by atoms with van der Waals surface area (Å²) >= 11 is 0. The van der Waals surface area contributed by atoms with E-state index in [-0.39, 0.29) is 11.7 Å². The van der Waals surface area contributed by atoms with Gasteiger partial charge in [-0.1, -0.05) is 48.5 Å². The first-order valence-corrected chi connectivity index (χ1v) is 10.3. The highest BCUT2D eigenvalue weighted by Gasteiger charge is 2.25. The van der Waals surface area contributed by atoms with E-state index in [1.807, 2.05) is 55.5 Å². The molecular formula is C27H22N2O3. The number of hydrogen-bond donors (Lipinski definition) is 3. The Labute approximate surface area is 186 Å². The summed E-state index contributed by atoms with van der Waals surface area (Å²) in [5.41, 5.74) is 8.14. The van der Waals surface area contributed by atoms with Crippen LogP contribution in [0.2, 0.25) is 0 Å². The molecule has 3 N–H and O–H groups in total. The first kappa shape index (κ1) is 19.7. The summed E-state index contributed by atoms with van der Waals surface area (Å²) < 4.78 is 5.22. The lowest BCUT2D eigenvalue weighted by Crippen LogP contribution is -2.03. The fraction of sp³-hybridized carbons (Fsp3) is 0.0741. The average molecular weight is 422 g/mol. The monoisotopic (exact) mass is 422 g/mol. The van der Waals surface area contributed by atoms with Crippen molar-refractivity contribution in [1.82, 2.24) is 4.98 Å². The van der Waals surface area contributed by atoms with Crippen molar-refractivity contribution in [2.45, 2.75) is 6.92 Å². The number of carbonyl (C=O) groups is 1. The van der Waals surface area contributed by atoms with Gasteiger partial charge in [-0.05, 0) is 54.0 Å². The van der Waals surface area contributed by atoms with Gasteiger partial charge in [0.25, 0.3) is 5.91 Å². The molecule has 158 valence electrons. The second-order valence-corrected chi connectivity index (χ2v) is 7.80. The summed E-state index contributed by atoms with van der Waals surface area (Å²) in [5, 5.41) is 12.8. The van der Waals surface area contributed by atoms with Crippen LogP contribution in [0.4, 0.5) is 5.69 Å². The maximum atomic E-state index is 12.8. The first-order valence-electron chi connectivity index (χ1n) is 10.3. The SMILES string of the molecule is COc1cc(-c2ccc3c(c2)NC(=O)/C3=C\c2[nH]c(C)cc2-c2ccccc2)ccc1O.